The summed E-state index contributed by atoms with van der Waals surface area (Å²) in [5, 5.41) is 3.91. The summed E-state index contributed by atoms with van der Waals surface area (Å²) in [4.78, 5) is 26.6. The molecule has 0 spiro atoms. The van der Waals surface area contributed by atoms with Gasteiger partial charge in [0.1, 0.15) is 0 Å². The summed E-state index contributed by atoms with van der Waals surface area (Å²) in [5.41, 5.74) is 0. The van der Waals surface area contributed by atoms with Crippen LogP contribution in [0.1, 0.15) is 38.5 Å². The van der Waals surface area contributed by atoms with E-state index in [1.54, 1.807) is 18.5 Å². The van der Waals surface area contributed by atoms with Crippen molar-refractivity contribution in [3.05, 3.63) is 24.4 Å². The van der Waals surface area contributed by atoms with Gasteiger partial charge in [-0.05, 0) is 18.9 Å². The number of hydrogen-bond acceptors (Lipinski definition) is 6. The average Bonchev–Trinajstić information content (AvgIpc) is 2.97. The standard InChI is InChI=1S/C15H19N5O2/c1-3-10(4-2)15(21)20-8-11(9-20)14-18-13(19-22-14)12-16-6-5-7-17-12/h5-7,10-11H,3-4,8-9H2,1-2H3. The van der Waals surface area contributed by atoms with Crippen molar-refractivity contribution in [2.45, 2.75) is 32.6 Å². The van der Waals surface area contributed by atoms with Crippen molar-refractivity contribution in [1.29, 1.82) is 0 Å². The fraction of sp³-hybridized carbons (Fsp3) is 0.533. The number of aromatic nitrogens is 4. The van der Waals surface area contributed by atoms with Crippen LogP contribution in [0.15, 0.2) is 23.0 Å². The number of likely N-dealkylation sites (tertiary alicyclic amines) is 1. The van der Waals surface area contributed by atoms with Crippen molar-refractivity contribution in [1.82, 2.24) is 25.0 Å². The van der Waals surface area contributed by atoms with E-state index in [4.69, 9.17) is 4.52 Å². The van der Waals surface area contributed by atoms with E-state index in [0.717, 1.165) is 12.8 Å². The van der Waals surface area contributed by atoms with E-state index < -0.39 is 0 Å². The second-order valence-electron chi connectivity index (χ2n) is 5.48. The molecular weight excluding hydrogens is 282 g/mol. The van der Waals surface area contributed by atoms with Crippen molar-refractivity contribution in [2.75, 3.05) is 13.1 Å². The summed E-state index contributed by atoms with van der Waals surface area (Å²) >= 11 is 0. The molecule has 0 unspecified atom stereocenters. The van der Waals surface area contributed by atoms with Gasteiger partial charge < -0.3 is 9.42 Å². The lowest BCUT2D eigenvalue weighted by atomic mass is 9.95. The maximum Gasteiger partial charge on any atom is 0.240 e. The molecule has 0 aromatic carbocycles. The molecule has 1 fully saturated rings. The van der Waals surface area contributed by atoms with Crippen LogP contribution in [0.3, 0.4) is 0 Å². The zero-order valence-corrected chi connectivity index (χ0v) is 12.8. The first kappa shape index (κ1) is 14.6. The van der Waals surface area contributed by atoms with Crippen LogP contribution >= 0.6 is 0 Å². The molecule has 0 N–H and O–H groups in total. The topological polar surface area (TPSA) is 85.0 Å². The van der Waals surface area contributed by atoms with Crippen LogP contribution in [0.5, 0.6) is 0 Å². The third kappa shape index (κ3) is 2.70. The molecule has 0 atom stereocenters. The van der Waals surface area contributed by atoms with Gasteiger partial charge in [-0.3, -0.25) is 4.79 Å². The minimum absolute atomic E-state index is 0.114. The predicted molar refractivity (Wildman–Crippen MR) is 78.7 cm³/mol. The van der Waals surface area contributed by atoms with Crippen LogP contribution in [0, 0.1) is 5.92 Å². The van der Waals surface area contributed by atoms with Crippen LogP contribution in [0.2, 0.25) is 0 Å². The van der Waals surface area contributed by atoms with Gasteiger partial charge in [0.15, 0.2) is 0 Å². The molecule has 0 radical (unpaired) electrons. The molecule has 7 heteroatoms. The maximum atomic E-state index is 12.2. The Bertz CT molecular complexity index is 632. The Morgan fingerprint density at radius 3 is 2.59 bits per heavy atom. The van der Waals surface area contributed by atoms with Gasteiger partial charge >= 0.3 is 0 Å². The van der Waals surface area contributed by atoms with E-state index in [1.165, 1.54) is 0 Å². The SMILES string of the molecule is CCC(CC)C(=O)N1CC(c2nc(-c3ncccn3)no2)C1. The first-order valence-electron chi connectivity index (χ1n) is 7.62. The van der Waals surface area contributed by atoms with Crippen molar-refractivity contribution in [2.24, 2.45) is 5.92 Å². The molecule has 3 heterocycles. The molecule has 0 bridgehead atoms. The molecule has 2 aromatic heterocycles. The van der Waals surface area contributed by atoms with Crippen LogP contribution in [0.4, 0.5) is 0 Å². The van der Waals surface area contributed by atoms with Crippen LogP contribution in [0.25, 0.3) is 11.6 Å². The molecule has 1 saturated heterocycles. The molecule has 2 aromatic rings. The monoisotopic (exact) mass is 301 g/mol. The van der Waals surface area contributed by atoms with Crippen molar-refractivity contribution in [3.63, 3.8) is 0 Å². The fourth-order valence-electron chi connectivity index (χ4n) is 2.62. The van der Waals surface area contributed by atoms with Gasteiger partial charge in [0, 0.05) is 31.4 Å². The highest BCUT2D eigenvalue weighted by Crippen LogP contribution is 2.29. The molecule has 1 aliphatic rings. The molecule has 1 aliphatic heterocycles. The Hall–Kier alpha value is -2.31. The minimum atomic E-state index is 0.114. The van der Waals surface area contributed by atoms with E-state index >= 15 is 0 Å². The Kier molecular flexibility index (Phi) is 4.13. The zero-order valence-electron chi connectivity index (χ0n) is 12.8. The largest absolute Gasteiger partial charge is 0.341 e. The lowest BCUT2D eigenvalue weighted by Crippen LogP contribution is -2.50. The maximum absolute atomic E-state index is 12.2. The number of carbonyl (C=O) groups excluding carboxylic acids is 1. The van der Waals surface area contributed by atoms with Crippen molar-refractivity contribution in [3.8, 4) is 11.6 Å². The molecule has 0 aliphatic carbocycles. The van der Waals surface area contributed by atoms with E-state index in [9.17, 15) is 4.79 Å². The first-order chi connectivity index (χ1) is 10.7. The Labute approximate surface area is 128 Å². The van der Waals surface area contributed by atoms with Crippen LogP contribution < -0.4 is 0 Å². The fourth-order valence-corrected chi connectivity index (χ4v) is 2.62. The molecule has 22 heavy (non-hydrogen) atoms. The molecule has 116 valence electrons. The Morgan fingerprint density at radius 1 is 1.27 bits per heavy atom. The van der Waals surface area contributed by atoms with Crippen LogP contribution in [-0.4, -0.2) is 44.0 Å². The molecule has 0 saturated carbocycles. The highest BCUT2D eigenvalue weighted by molar-refractivity contribution is 5.79. The molecular formula is C15H19N5O2. The van der Waals surface area contributed by atoms with E-state index in [-0.39, 0.29) is 17.7 Å². The van der Waals surface area contributed by atoms with Crippen LogP contribution in [-0.2, 0) is 4.79 Å². The zero-order chi connectivity index (χ0) is 15.5. The number of hydrogen-bond donors (Lipinski definition) is 0. The van der Waals surface area contributed by atoms with Gasteiger partial charge in [0.05, 0.1) is 5.92 Å². The van der Waals surface area contributed by atoms with Gasteiger partial charge in [0.25, 0.3) is 0 Å². The summed E-state index contributed by atoms with van der Waals surface area (Å²) in [6.07, 6.45) is 5.04. The number of nitrogens with zero attached hydrogens (tertiary/aromatic N) is 5. The van der Waals surface area contributed by atoms with Gasteiger partial charge in [-0.2, -0.15) is 4.98 Å². The summed E-state index contributed by atoms with van der Waals surface area (Å²) < 4.78 is 5.29. The highest BCUT2D eigenvalue weighted by atomic mass is 16.5. The summed E-state index contributed by atoms with van der Waals surface area (Å²) in [7, 11) is 0. The second kappa shape index (κ2) is 6.21. The summed E-state index contributed by atoms with van der Waals surface area (Å²) in [5.74, 6) is 1.85. The third-order valence-corrected chi connectivity index (χ3v) is 4.08. The number of rotatable bonds is 5. The summed E-state index contributed by atoms with van der Waals surface area (Å²) in [6.45, 7) is 5.39. The predicted octanol–water partition coefficient (Wildman–Crippen LogP) is 1.89. The number of carbonyl (C=O) groups is 1. The van der Waals surface area contributed by atoms with Gasteiger partial charge in [-0.25, -0.2) is 9.97 Å². The van der Waals surface area contributed by atoms with Gasteiger partial charge in [-0.15, -0.1) is 0 Å². The lowest BCUT2D eigenvalue weighted by molar-refractivity contribution is -0.140. The summed E-state index contributed by atoms with van der Waals surface area (Å²) in [6, 6.07) is 1.73. The Balaban J connectivity index is 1.62. The quantitative estimate of drug-likeness (QED) is 0.838. The number of amides is 1. The molecule has 3 rings (SSSR count). The van der Waals surface area contributed by atoms with Crippen molar-refractivity contribution < 1.29 is 9.32 Å². The average molecular weight is 301 g/mol. The smallest absolute Gasteiger partial charge is 0.240 e. The molecule has 1 amide bonds. The highest BCUT2D eigenvalue weighted by Gasteiger charge is 2.37. The third-order valence-electron chi connectivity index (χ3n) is 4.08. The van der Waals surface area contributed by atoms with E-state index in [1.807, 2.05) is 18.7 Å². The second-order valence-corrected chi connectivity index (χ2v) is 5.48. The van der Waals surface area contributed by atoms with Crippen molar-refractivity contribution >= 4 is 5.91 Å². The lowest BCUT2D eigenvalue weighted by Gasteiger charge is -2.39. The van der Waals surface area contributed by atoms with E-state index in [0.29, 0.717) is 30.6 Å². The normalized spacial score (nSPS) is 15.1. The van der Waals surface area contributed by atoms with E-state index in [2.05, 4.69) is 20.1 Å². The first-order valence-corrected chi connectivity index (χ1v) is 7.62. The van der Waals surface area contributed by atoms with Gasteiger partial charge in [-0.1, -0.05) is 19.0 Å². The molecule has 7 nitrogen and oxygen atoms in total. The Morgan fingerprint density at radius 2 is 1.95 bits per heavy atom. The minimum Gasteiger partial charge on any atom is -0.341 e. The van der Waals surface area contributed by atoms with Gasteiger partial charge in [0.2, 0.25) is 23.4 Å².